The average molecular weight is 484 g/mol. The molecule has 0 unspecified atom stereocenters. The first-order chi connectivity index (χ1) is 15.9. The number of carbonyl (C=O) groups excluding carboxylic acids is 2. The highest BCUT2D eigenvalue weighted by Gasteiger charge is 2.19. The molecule has 0 radical (unpaired) electrons. The fourth-order valence-corrected chi connectivity index (χ4v) is 5.39. The SMILES string of the molecule is O=C1CCCc2cc(S(=O)(=O)NCc3ccc(C(=O)NCCc4cccs4)cc3)ccc2N1. The molecule has 0 spiro atoms. The van der Waals surface area contributed by atoms with Crippen molar-refractivity contribution in [3.63, 3.8) is 0 Å². The van der Waals surface area contributed by atoms with Crippen LogP contribution in [0.3, 0.4) is 0 Å². The van der Waals surface area contributed by atoms with Crippen molar-refractivity contribution in [3.05, 3.63) is 81.5 Å². The number of amides is 2. The molecular formula is C24H25N3O4S2. The van der Waals surface area contributed by atoms with E-state index in [1.54, 1.807) is 47.7 Å². The maximum atomic E-state index is 12.8. The number of nitrogens with one attached hydrogen (secondary N) is 3. The number of hydrogen-bond donors (Lipinski definition) is 3. The molecule has 1 aromatic heterocycles. The van der Waals surface area contributed by atoms with Gasteiger partial charge >= 0.3 is 0 Å². The fourth-order valence-electron chi connectivity index (χ4n) is 3.61. The van der Waals surface area contributed by atoms with Crippen LogP contribution in [-0.2, 0) is 34.2 Å². The van der Waals surface area contributed by atoms with Crippen LogP contribution in [0.15, 0.2) is 64.9 Å². The van der Waals surface area contributed by atoms with Gasteiger partial charge in [-0.3, -0.25) is 9.59 Å². The van der Waals surface area contributed by atoms with Gasteiger partial charge in [0.1, 0.15) is 0 Å². The molecule has 172 valence electrons. The van der Waals surface area contributed by atoms with Crippen molar-refractivity contribution >= 4 is 38.9 Å². The number of benzene rings is 2. The number of aryl methyl sites for hydroxylation is 1. The minimum atomic E-state index is -3.72. The van der Waals surface area contributed by atoms with Crippen LogP contribution in [0.2, 0.25) is 0 Å². The lowest BCUT2D eigenvalue weighted by molar-refractivity contribution is -0.116. The zero-order valence-electron chi connectivity index (χ0n) is 18.0. The molecule has 0 fully saturated rings. The van der Waals surface area contributed by atoms with Gasteiger partial charge in [-0.1, -0.05) is 18.2 Å². The number of fused-ring (bicyclic) bond motifs is 1. The highest BCUT2D eigenvalue weighted by molar-refractivity contribution is 7.89. The van der Waals surface area contributed by atoms with E-state index in [0.717, 1.165) is 17.5 Å². The van der Waals surface area contributed by atoms with E-state index in [-0.39, 0.29) is 23.3 Å². The third-order valence-electron chi connectivity index (χ3n) is 5.43. The molecule has 0 aliphatic carbocycles. The summed E-state index contributed by atoms with van der Waals surface area (Å²) in [6.07, 6.45) is 2.55. The minimum Gasteiger partial charge on any atom is -0.352 e. The fraction of sp³-hybridized carbons (Fsp3) is 0.250. The van der Waals surface area contributed by atoms with Crippen LogP contribution in [0.4, 0.5) is 5.69 Å². The van der Waals surface area contributed by atoms with Gasteiger partial charge in [0.2, 0.25) is 15.9 Å². The van der Waals surface area contributed by atoms with Gasteiger partial charge in [-0.15, -0.1) is 11.3 Å². The molecule has 3 aromatic rings. The minimum absolute atomic E-state index is 0.0536. The Kier molecular flexibility index (Phi) is 7.22. The number of thiophene rings is 1. The van der Waals surface area contributed by atoms with Gasteiger partial charge in [-0.2, -0.15) is 0 Å². The van der Waals surface area contributed by atoms with Crippen LogP contribution < -0.4 is 15.4 Å². The summed E-state index contributed by atoms with van der Waals surface area (Å²) < 4.78 is 28.1. The van der Waals surface area contributed by atoms with Gasteiger partial charge in [0.05, 0.1) is 4.90 Å². The zero-order chi connectivity index (χ0) is 23.3. The third kappa shape index (κ3) is 6.07. The van der Waals surface area contributed by atoms with E-state index in [2.05, 4.69) is 15.4 Å². The topological polar surface area (TPSA) is 104 Å². The molecule has 0 saturated heterocycles. The quantitative estimate of drug-likeness (QED) is 0.456. The summed E-state index contributed by atoms with van der Waals surface area (Å²) in [7, 11) is -3.72. The van der Waals surface area contributed by atoms with Gasteiger partial charge in [0.15, 0.2) is 0 Å². The number of rotatable bonds is 8. The summed E-state index contributed by atoms with van der Waals surface area (Å²) in [5.41, 5.74) is 2.76. The summed E-state index contributed by atoms with van der Waals surface area (Å²) in [6.45, 7) is 0.668. The summed E-state index contributed by atoms with van der Waals surface area (Å²) in [6, 6.07) is 15.6. The summed E-state index contributed by atoms with van der Waals surface area (Å²) in [5, 5.41) is 7.71. The molecule has 1 aliphatic rings. The maximum absolute atomic E-state index is 12.8. The number of anilines is 1. The standard InChI is InChI=1S/C24H25N3O4S2/c28-23-5-1-3-19-15-21(10-11-22(19)27-23)33(30,31)26-16-17-6-8-18(9-7-17)24(29)25-13-12-20-4-2-14-32-20/h2,4,6-11,14-15,26H,1,3,5,12-13,16H2,(H,25,29)(H,27,28). The van der Waals surface area contributed by atoms with E-state index >= 15 is 0 Å². The number of sulfonamides is 1. The molecule has 7 nitrogen and oxygen atoms in total. The molecule has 9 heteroatoms. The second-order valence-electron chi connectivity index (χ2n) is 7.83. The molecule has 0 bridgehead atoms. The van der Waals surface area contributed by atoms with E-state index in [0.29, 0.717) is 37.1 Å². The monoisotopic (exact) mass is 483 g/mol. The molecule has 1 aliphatic heterocycles. The predicted octanol–water partition coefficient (Wildman–Crippen LogP) is 3.47. The van der Waals surface area contributed by atoms with E-state index in [1.807, 2.05) is 17.5 Å². The van der Waals surface area contributed by atoms with Gasteiger partial charge in [-0.25, -0.2) is 13.1 Å². The van der Waals surface area contributed by atoms with Gasteiger partial charge in [0.25, 0.3) is 5.91 Å². The van der Waals surface area contributed by atoms with Crippen LogP contribution in [0.25, 0.3) is 0 Å². The normalized spacial score (nSPS) is 13.6. The molecule has 0 saturated carbocycles. The Labute approximate surface area is 197 Å². The van der Waals surface area contributed by atoms with Gasteiger partial charge in [-0.05, 0) is 72.2 Å². The Morgan fingerprint density at radius 2 is 1.88 bits per heavy atom. The highest BCUT2D eigenvalue weighted by atomic mass is 32.2. The Hall–Kier alpha value is -3.01. The lowest BCUT2D eigenvalue weighted by Crippen LogP contribution is -2.26. The summed E-state index contributed by atoms with van der Waals surface area (Å²) >= 11 is 1.66. The van der Waals surface area contributed by atoms with Gasteiger partial charge in [0, 0.05) is 35.6 Å². The Bertz CT molecular complexity index is 1240. The van der Waals surface area contributed by atoms with Crippen molar-refractivity contribution in [1.82, 2.24) is 10.0 Å². The van der Waals surface area contributed by atoms with Crippen LogP contribution in [-0.4, -0.2) is 26.8 Å². The Morgan fingerprint density at radius 1 is 1.06 bits per heavy atom. The Morgan fingerprint density at radius 3 is 2.64 bits per heavy atom. The van der Waals surface area contributed by atoms with Crippen molar-refractivity contribution in [2.75, 3.05) is 11.9 Å². The largest absolute Gasteiger partial charge is 0.352 e. The predicted molar refractivity (Wildman–Crippen MR) is 129 cm³/mol. The van der Waals surface area contributed by atoms with E-state index in [4.69, 9.17) is 0 Å². The van der Waals surface area contributed by atoms with E-state index in [9.17, 15) is 18.0 Å². The van der Waals surface area contributed by atoms with Crippen LogP contribution in [0, 0.1) is 0 Å². The molecule has 33 heavy (non-hydrogen) atoms. The summed E-state index contributed by atoms with van der Waals surface area (Å²) in [5.74, 6) is -0.210. The molecule has 2 heterocycles. The van der Waals surface area contributed by atoms with Crippen molar-refractivity contribution < 1.29 is 18.0 Å². The third-order valence-corrected chi connectivity index (χ3v) is 7.77. The smallest absolute Gasteiger partial charge is 0.251 e. The van der Waals surface area contributed by atoms with Crippen molar-refractivity contribution in [2.45, 2.75) is 37.1 Å². The van der Waals surface area contributed by atoms with E-state index < -0.39 is 10.0 Å². The van der Waals surface area contributed by atoms with Crippen molar-refractivity contribution in [2.24, 2.45) is 0 Å². The van der Waals surface area contributed by atoms with Crippen LogP contribution in [0.1, 0.15) is 39.2 Å². The zero-order valence-corrected chi connectivity index (χ0v) is 19.6. The molecule has 3 N–H and O–H groups in total. The number of hydrogen-bond acceptors (Lipinski definition) is 5. The second-order valence-corrected chi connectivity index (χ2v) is 10.6. The van der Waals surface area contributed by atoms with Crippen LogP contribution in [0.5, 0.6) is 0 Å². The Balaban J connectivity index is 1.33. The molecule has 2 aromatic carbocycles. The second kappa shape index (κ2) is 10.3. The van der Waals surface area contributed by atoms with Crippen molar-refractivity contribution in [3.8, 4) is 0 Å². The molecule has 4 rings (SSSR count). The van der Waals surface area contributed by atoms with Crippen LogP contribution >= 0.6 is 11.3 Å². The first-order valence-corrected chi connectivity index (χ1v) is 13.1. The lowest BCUT2D eigenvalue weighted by Gasteiger charge is -2.11. The van der Waals surface area contributed by atoms with Gasteiger partial charge < -0.3 is 10.6 Å². The average Bonchev–Trinajstić information content (AvgIpc) is 3.25. The lowest BCUT2D eigenvalue weighted by atomic mass is 10.1. The first kappa shape index (κ1) is 23.2. The molecule has 2 amide bonds. The number of carbonyl (C=O) groups is 2. The molecule has 0 atom stereocenters. The first-order valence-electron chi connectivity index (χ1n) is 10.7. The molecular weight excluding hydrogens is 458 g/mol. The highest BCUT2D eigenvalue weighted by Crippen LogP contribution is 2.25. The van der Waals surface area contributed by atoms with Crippen molar-refractivity contribution in [1.29, 1.82) is 0 Å². The van der Waals surface area contributed by atoms with E-state index in [1.165, 1.54) is 10.9 Å². The maximum Gasteiger partial charge on any atom is 0.251 e. The summed E-state index contributed by atoms with van der Waals surface area (Å²) in [4.78, 5) is 25.4.